The largest absolute Gasteiger partial charge is 0.488 e. The van der Waals surface area contributed by atoms with E-state index < -0.39 is 29.3 Å². The van der Waals surface area contributed by atoms with Crippen LogP contribution >= 0.6 is 0 Å². The molecule has 0 atom stereocenters. The van der Waals surface area contributed by atoms with E-state index in [-0.39, 0.29) is 42.1 Å². The summed E-state index contributed by atoms with van der Waals surface area (Å²) >= 11 is 0. The van der Waals surface area contributed by atoms with Gasteiger partial charge in [-0.15, -0.1) is 0 Å². The molecule has 0 unspecified atom stereocenters. The number of aryl methyl sites for hydroxylation is 1. The van der Waals surface area contributed by atoms with Crippen molar-refractivity contribution in [3.63, 3.8) is 0 Å². The van der Waals surface area contributed by atoms with Gasteiger partial charge < -0.3 is 14.7 Å². The Morgan fingerprint density at radius 3 is 2.43 bits per heavy atom. The second kappa shape index (κ2) is 9.45. The maximum absolute atomic E-state index is 14.8. The monoisotopic (exact) mass is 507 g/mol. The van der Waals surface area contributed by atoms with Gasteiger partial charge in [0.1, 0.15) is 29.8 Å². The van der Waals surface area contributed by atoms with E-state index in [4.69, 9.17) is 9.84 Å². The second-order valence-corrected chi connectivity index (χ2v) is 8.59. The number of nitrogens with zero attached hydrogens (tertiary/aromatic N) is 3. The third-order valence-electron chi connectivity index (χ3n) is 6.18. The van der Waals surface area contributed by atoms with Gasteiger partial charge in [-0.05, 0) is 36.4 Å². The molecule has 37 heavy (non-hydrogen) atoms. The fourth-order valence-corrected chi connectivity index (χ4v) is 4.37. The molecule has 3 aromatic carbocycles. The van der Waals surface area contributed by atoms with E-state index in [0.29, 0.717) is 22.6 Å². The van der Waals surface area contributed by atoms with Gasteiger partial charge in [-0.3, -0.25) is 9.48 Å². The van der Waals surface area contributed by atoms with Gasteiger partial charge in [0.25, 0.3) is 5.91 Å². The molecule has 1 aliphatic heterocycles. The van der Waals surface area contributed by atoms with Crippen molar-refractivity contribution < 1.29 is 32.6 Å². The van der Waals surface area contributed by atoms with Crippen molar-refractivity contribution in [3.05, 3.63) is 106 Å². The van der Waals surface area contributed by atoms with Gasteiger partial charge in [-0.25, -0.2) is 18.0 Å². The fraction of sp³-hybridized carbons (Fsp3) is 0.148. The summed E-state index contributed by atoms with van der Waals surface area (Å²) in [5, 5.41) is 13.5. The highest BCUT2D eigenvalue weighted by Gasteiger charge is 2.31. The summed E-state index contributed by atoms with van der Waals surface area (Å²) in [6.45, 7) is -0.489. The van der Waals surface area contributed by atoms with E-state index in [1.165, 1.54) is 58.1 Å². The van der Waals surface area contributed by atoms with Crippen LogP contribution in [0.4, 0.5) is 13.2 Å². The summed E-state index contributed by atoms with van der Waals surface area (Å²) in [6, 6.07) is 13.3. The van der Waals surface area contributed by atoms with Crippen LogP contribution < -0.4 is 4.74 Å². The molecule has 0 saturated heterocycles. The number of benzene rings is 3. The Labute approximate surface area is 209 Å². The molecule has 0 fully saturated rings. The second-order valence-electron chi connectivity index (χ2n) is 8.59. The lowest BCUT2D eigenvalue weighted by molar-refractivity contribution is 0.0690. The van der Waals surface area contributed by atoms with Gasteiger partial charge in [-0.1, -0.05) is 24.3 Å². The first-order chi connectivity index (χ1) is 17.7. The van der Waals surface area contributed by atoms with Crippen molar-refractivity contribution in [3.8, 4) is 17.0 Å². The van der Waals surface area contributed by atoms with Crippen LogP contribution in [0.3, 0.4) is 0 Å². The van der Waals surface area contributed by atoms with Crippen LogP contribution in [0.1, 0.15) is 37.5 Å². The highest BCUT2D eigenvalue weighted by atomic mass is 19.1. The molecule has 10 heteroatoms. The number of carbonyl (C=O) groups is 2. The molecule has 0 radical (unpaired) electrons. The minimum atomic E-state index is -1.29. The predicted molar refractivity (Wildman–Crippen MR) is 126 cm³/mol. The number of hydrogen-bond donors (Lipinski definition) is 1. The van der Waals surface area contributed by atoms with Crippen LogP contribution in [0, 0.1) is 17.5 Å². The number of amides is 1. The van der Waals surface area contributed by atoms with Gasteiger partial charge in [0.2, 0.25) is 0 Å². The molecule has 7 nitrogen and oxygen atoms in total. The summed E-state index contributed by atoms with van der Waals surface area (Å²) in [5.74, 6) is -3.31. The maximum Gasteiger partial charge on any atom is 0.335 e. The fourth-order valence-electron chi connectivity index (χ4n) is 4.37. The van der Waals surface area contributed by atoms with E-state index in [9.17, 15) is 22.8 Å². The molecule has 0 saturated carbocycles. The predicted octanol–water partition coefficient (Wildman–Crippen LogP) is 4.94. The van der Waals surface area contributed by atoms with Gasteiger partial charge in [0.15, 0.2) is 5.69 Å². The number of fused-ring (bicyclic) bond motifs is 3. The lowest BCUT2D eigenvalue weighted by Gasteiger charge is -2.24. The van der Waals surface area contributed by atoms with Crippen LogP contribution in [0.25, 0.3) is 11.3 Å². The molecule has 2 heterocycles. The maximum atomic E-state index is 14.8. The Morgan fingerprint density at radius 2 is 1.73 bits per heavy atom. The molecule has 1 aliphatic rings. The number of aromatic nitrogens is 2. The highest BCUT2D eigenvalue weighted by Crippen LogP contribution is 2.39. The highest BCUT2D eigenvalue weighted by molar-refractivity contribution is 5.96. The molecule has 0 aliphatic carbocycles. The number of ether oxygens (including phenoxy) is 1. The van der Waals surface area contributed by atoms with Crippen molar-refractivity contribution >= 4 is 11.9 Å². The number of aromatic carboxylic acids is 1. The first-order valence-electron chi connectivity index (χ1n) is 11.3. The zero-order valence-electron chi connectivity index (χ0n) is 19.5. The summed E-state index contributed by atoms with van der Waals surface area (Å²) in [4.78, 5) is 26.2. The van der Waals surface area contributed by atoms with Crippen molar-refractivity contribution in [1.29, 1.82) is 0 Å². The Morgan fingerprint density at radius 1 is 1.00 bits per heavy atom. The molecule has 0 bridgehead atoms. The lowest BCUT2D eigenvalue weighted by Crippen LogP contribution is -2.32. The molecule has 4 aromatic rings. The average molecular weight is 507 g/mol. The van der Waals surface area contributed by atoms with Crippen LogP contribution in [0.15, 0.2) is 60.7 Å². The van der Waals surface area contributed by atoms with Crippen LogP contribution in [0.5, 0.6) is 5.75 Å². The van der Waals surface area contributed by atoms with E-state index in [1.807, 2.05) is 0 Å². The molecule has 1 amide bonds. The van der Waals surface area contributed by atoms with Crippen molar-refractivity contribution in [2.45, 2.75) is 19.7 Å². The molecule has 0 spiro atoms. The van der Waals surface area contributed by atoms with Gasteiger partial charge in [0, 0.05) is 42.4 Å². The number of halogens is 3. The number of rotatable bonds is 6. The normalized spacial score (nSPS) is 11.9. The van der Waals surface area contributed by atoms with Gasteiger partial charge >= 0.3 is 5.97 Å². The first kappa shape index (κ1) is 24.1. The Hall–Kier alpha value is -4.60. The van der Waals surface area contributed by atoms with E-state index in [1.54, 1.807) is 13.1 Å². The lowest BCUT2D eigenvalue weighted by atomic mass is 10.0. The zero-order valence-corrected chi connectivity index (χ0v) is 19.5. The van der Waals surface area contributed by atoms with E-state index in [2.05, 4.69) is 5.10 Å². The van der Waals surface area contributed by atoms with Crippen molar-refractivity contribution in [2.75, 3.05) is 0 Å². The summed E-state index contributed by atoms with van der Waals surface area (Å²) in [7, 11) is 1.61. The Bertz CT molecular complexity index is 1550. The first-order valence-corrected chi connectivity index (χ1v) is 11.3. The number of carbonyl (C=O) groups excluding carboxylic acids is 1. The molecule has 188 valence electrons. The van der Waals surface area contributed by atoms with Crippen molar-refractivity contribution in [2.24, 2.45) is 7.05 Å². The zero-order chi connectivity index (χ0) is 26.3. The molecule has 1 N–H and O–H groups in total. The third kappa shape index (κ3) is 4.53. The summed E-state index contributed by atoms with van der Waals surface area (Å²) in [5.41, 5.74) is 1.38. The summed E-state index contributed by atoms with van der Waals surface area (Å²) < 4.78 is 50.5. The number of carboxylic acids is 1. The van der Waals surface area contributed by atoms with E-state index >= 15 is 0 Å². The average Bonchev–Trinajstić information content (AvgIpc) is 3.22. The number of hydrogen-bond acceptors (Lipinski definition) is 4. The Balaban J connectivity index is 1.55. The minimum absolute atomic E-state index is 0.00190. The standard InChI is InChI=1S/C27H20F3N3O4/c1-32-25-19-11-18(28)8-9-23(19)37-14-20(25)24(31-32)26(34)33(12-16-4-2-3-5-21(16)29)13-17-7-6-15(27(35)36)10-22(17)30/h2-11H,12-14H2,1H3,(H,35,36). The van der Waals surface area contributed by atoms with Crippen molar-refractivity contribution in [1.82, 2.24) is 14.7 Å². The minimum Gasteiger partial charge on any atom is -0.488 e. The summed E-state index contributed by atoms with van der Waals surface area (Å²) in [6.07, 6.45) is 0. The van der Waals surface area contributed by atoms with Crippen LogP contribution in [-0.2, 0) is 26.7 Å². The SMILES string of the molecule is Cn1nc(C(=O)N(Cc2ccccc2F)Cc2ccc(C(=O)O)cc2F)c2c1-c1cc(F)ccc1OC2. The van der Waals surface area contributed by atoms with E-state index in [0.717, 1.165) is 6.07 Å². The van der Waals surface area contributed by atoms with Gasteiger partial charge in [0.05, 0.1) is 11.3 Å². The molecular formula is C27H20F3N3O4. The molecule has 1 aromatic heterocycles. The topological polar surface area (TPSA) is 84.7 Å². The van der Waals surface area contributed by atoms with Crippen LogP contribution in [-0.4, -0.2) is 31.7 Å². The quantitative estimate of drug-likeness (QED) is 0.400. The number of carboxylic acid groups (broad SMARTS) is 1. The Kier molecular flexibility index (Phi) is 6.16. The smallest absolute Gasteiger partial charge is 0.335 e. The van der Waals surface area contributed by atoms with Crippen LogP contribution in [0.2, 0.25) is 0 Å². The third-order valence-corrected chi connectivity index (χ3v) is 6.18. The molecular weight excluding hydrogens is 487 g/mol. The van der Waals surface area contributed by atoms with Gasteiger partial charge in [-0.2, -0.15) is 5.10 Å². The molecule has 5 rings (SSSR count).